The fourth-order valence-corrected chi connectivity index (χ4v) is 2.86. The van der Waals surface area contributed by atoms with E-state index >= 15 is 0 Å². The van der Waals surface area contributed by atoms with Gasteiger partial charge in [-0.2, -0.15) is 9.50 Å². The summed E-state index contributed by atoms with van der Waals surface area (Å²) < 4.78 is 7.04. The molecule has 4 rings (SSSR count). The van der Waals surface area contributed by atoms with Gasteiger partial charge in [0.05, 0.1) is 0 Å². The molecule has 8 heteroatoms. The van der Waals surface area contributed by atoms with Gasteiger partial charge in [-0.05, 0) is 24.6 Å². The van der Waals surface area contributed by atoms with Crippen molar-refractivity contribution in [3.05, 3.63) is 88.5 Å². The van der Waals surface area contributed by atoms with E-state index in [0.29, 0.717) is 18.0 Å². The molecular weight excluding hydrogens is 370 g/mol. The smallest absolute Gasteiger partial charge is 0.266 e. The lowest BCUT2D eigenvalue weighted by Crippen LogP contribution is -2.31. The second kappa shape index (κ2) is 7.97. The largest absolute Gasteiger partial charge is 0.481 e. The van der Waals surface area contributed by atoms with Gasteiger partial charge in [-0.15, -0.1) is 5.10 Å². The Morgan fingerprint density at radius 1 is 1.14 bits per heavy atom. The first kappa shape index (κ1) is 18.4. The Morgan fingerprint density at radius 3 is 2.55 bits per heavy atom. The number of benzene rings is 2. The van der Waals surface area contributed by atoms with Crippen molar-refractivity contribution >= 4 is 17.5 Å². The highest BCUT2D eigenvalue weighted by molar-refractivity contribution is 5.93. The number of fused-ring (bicyclic) bond motifs is 1. The van der Waals surface area contributed by atoms with Crippen LogP contribution in [-0.2, 0) is 11.2 Å². The minimum Gasteiger partial charge on any atom is -0.481 e. The van der Waals surface area contributed by atoms with Crippen molar-refractivity contribution in [2.75, 3.05) is 5.32 Å². The Labute approximate surface area is 166 Å². The van der Waals surface area contributed by atoms with E-state index < -0.39 is 12.0 Å². The number of ether oxygens (including phenoxy) is 1. The molecule has 0 spiro atoms. The molecule has 146 valence electrons. The van der Waals surface area contributed by atoms with Gasteiger partial charge >= 0.3 is 0 Å². The van der Waals surface area contributed by atoms with Crippen molar-refractivity contribution in [2.45, 2.75) is 19.4 Å². The molecule has 0 aliphatic rings. The zero-order valence-electron chi connectivity index (χ0n) is 15.7. The molecule has 29 heavy (non-hydrogen) atoms. The van der Waals surface area contributed by atoms with Gasteiger partial charge in [-0.3, -0.25) is 14.6 Å². The van der Waals surface area contributed by atoms with Crippen LogP contribution in [0.5, 0.6) is 5.75 Å². The Balaban J connectivity index is 1.56. The predicted molar refractivity (Wildman–Crippen MR) is 108 cm³/mol. The highest BCUT2D eigenvalue weighted by Gasteiger charge is 2.18. The molecule has 2 N–H and O–H groups in total. The summed E-state index contributed by atoms with van der Waals surface area (Å²) in [4.78, 5) is 31.5. The topological polar surface area (TPSA) is 101 Å². The first-order valence-corrected chi connectivity index (χ1v) is 9.14. The van der Waals surface area contributed by atoms with Crippen molar-refractivity contribution in [3.8, 4) is 5.75 Å². The second-order valence-electron chi connectivity index (χ2n) is 6.51. The van der Waals surface area contributed by atoms with Crippen LogP contribution in [0, 0.1) is 0 Å². The summed E-state index contributed by atoms with van der Waals surface area (Å²) in [5.74, 6) is 1.19. The van der Waals surface area contributed by atoms with Crippen LogP contribution in [0.1, 0.15) is 18.3 Å². The molecule has 2 heterocycles. The first-order valence-electron chi connectivity index (χ1n) is 9.14. The fourth-order valence-electron chi connectivity index (χ4n) is 2.86. The zero-order chi connectivity index (χ0) is 20.2. The van der Waals surface area contributed by atoms with E-state index in [1.807, 2.05) is 48.5 Å². The number of hydrogen-bond donors (Lipinski definition) is 2. The molecule has 0 radical (unpaired) electrons. The van der Waals surface area contributed by atoms with Crippen molar-refractivity contribution in [3.63, 3.8) is 0 Å². The lowest BCUT2D eigenvalue weighted by atomic mass is 10.1. The van der Waals surface area contributed by atoms with Gasteiger partial charge in [0.15, 0.2) is 11.9 Å². The summed E-state index contributed by atoms with van der Waals surface area (Å²) >= 11 is 0. The monoisotopic (exact) mass is 389 g/mol. The summed E-state index contributed by atoms with van der Waals surface area (Å²) in [6.45, 7) is 1.63. The van der Waals surface area contributed by atoms with Crippen molar-refractivity contribution < 1.29 is 9.53 Å². The maximum Gasteiger partial charge on any atom is 0.266 e. The predicted octanol–water partition coefficient (Wildman–Crippen LogP) is 2.41. The summed E-state index contributed by atoms with van der Waals surface area (Å²) in [6.07, 6.45) is -0.259. The number of carbonyl (C=O) groups is 1. The van der Waals surface area contributed by atoms with Gasteiger partial charge < -0.3 is 10.1 Å². The van der Waals surface area contributed by atoms with E-state index in [1.165, 1.54) is 10.6 Å². The average molecular weight is 389 g/mol. The highest BCUT2D eigenvalue weighted by Crippen LogP contribution is 2.13. The molecule has 0 saturated carbocycles. The normalized spacial score (nSPS) is 11.9. The van der Waals surface area contributed by atoms with E-state index in [2.05, 4.69) is 20.4 Å². The summed E-state index contributed by atoms with van der Waals surface area (Å²) in [7, 11) is 0. The van der Waals surface area contributed by atoms with Crippen LogP contribution in [0.15, 0.2) is 71.5 Å². The number of hydrogen-bond acceptors (Lipinski definition) is 5. The van der Waals surface area contributed by atoms with Crippen molar-refractivity contribution in [2.24, 2.45) is 0 Å². The number of nitrogens with zero attached hydrogens (tertiary/aromatic N) is 3. The van der Waals surface area contributed by atoms with Crippen LogP contribution in [0.3, 0.4) is 0 Å². The number of nitrogens with one attached hydrogen (secondary N) is 2. The summed E-state index contributed by atoms with van der Waals surface area (Å²) in [6, 6.07) is 20.1. The lowest BCUT2D eigenvalue weighted by Gasteiger charge is -2.14. The van der Waals surface area contributed by atoms with Crippen LogP contribution < -0.4 is 15.6 Å². The molecular formula is C21H19N5O3. The second-order valence-corrected chi connectivity index (χ2v) is 6.51. The minimum atomic E-state index is -0.765. The minimum absolute atomic E-state index is 0.226. The third kappa shape index (κ3) is 4.32. The number of amides is 1. The molecule has 2 aromatic carbocycles. The molecule has 4 aromatic rings. The number of anilines is 1. The molecule has 0 unspecified atom stereocenters. The number of H-pyrrole nitrogens is 1. The lowest BCUT2D eigenvalue weighted by molar-refractivity contribution is -0.122. The third-order valence-corrected chi connectivity index (χ3v) is 4.26. The first-order chi connectivity index (χ1) is 14.1. The highest BCUT2D eigenvalue weighted by atomic mass is 16.5. The van der Waals surface area contributed by atoms with Crippen molar-refractivity contribution in [1.29, 1.82) is 0 Å². The van der Waals surface area contributed by atoms with E-state index in [-0.39, 0.29) is 17.2 Å². The Morgan fingerprint density at radius 2 is 1.83 bits per heavy atom. The van der Waals surface area contributed by atoms with E-state index in [0.717, 1.165) is 5.56 Å². The standard InChI is InChI=1S/C21H19N5O3/c1-14(29-16-10-6-3-7-11-16)20(28)23-18-13-19(27)24-21-22-17(25-26(18)21)12-15-8-4-2-5-9-15/h2-11,13-14H,12H2,1H3,(H,23,28)(H,22,24,25,27)/t14-/m0/s1. The number of aromatic amines is 1. The van der Waals surface area contributed by atoms with Crippen LogP contribution in [0.25, 0.3) is 5.78 Å². The van der Waals surface area contributed by atoms with Crippen LogP contribution >= 0.6 is 0 Å². The van der Waals surface area contributed by atoms with Crippen LogP contribution in [-0.4, -0.2) is 31.6 Å². The fraction of sp³-hybridized carbons (Fsp3) is 0.143. The van der Waals surface area contributed by atoms with Gasteiger partial charge in [0.1, 0.15) is 11.6 Å². The average Bonchev–Trinajstić information content (AvgIpc) is 3.11. The molecule has 8 nitrogen and oxygen atoms in total. The van der Waals surface area contributed by atoms with Crippen molar-refractivity contribution in [1.82, 2.24) is 19.6 Å². The third-order valence-electron chi connectivity index (χ3n) is 4.26. The van der Waals surface area contributed by atoms with Gasteiger partial charge in [-0.1, -0.05) is 48.5 Å². The Bertz CT molecular complexity index is 1190. The molecule has 2 aromatic heterocycles. The molecule has 0 aliphatic heterocycles. The van der Waals surface area contributed by atoms with Gasteiger partial charge in [-0.25, -0.2) is 0 Å². The van der Waals surface area contributed by atoms with E-state index in [4.69, 9.17) is 4.74 Å². The maximum atomic E-state index is 12.6. The van der Waals surface area contributed by atoms with Gasteiger partial charge in [0, 0.05) is 12.5 Å². The Kier molecular flexibility index (Phi) is 5.07. The van der Waals surface area contributed by atoms with E-state index in [9.17, 15) is 9.59 Å². The zero-order valence-corrected chi connectivity index (χ0v) is 15.7. The number of rotatable bonds is 6. The molecule has 0 aliphatic carbocycles. The quantitative estimate of drug-likeness (QED) is 0.527. The maximum absolute atomic E-state index is 12.6. The van der Waals surface area contributed by atoms with Gasteiger partial charge in [0.2, 0.25) is 5.78 Å². The van der Waals surface area contributed by atoms with Crippen LogP contribution in [0.4, 0.5) is 5.82 Å². The molecule has 0 bridgehead atoms. The van der Waals surface area contributed by atoms with Crippen LogP contribution in [0.2, 0.25) is 0 Å². The molecule has 0 fully saturated rings. The SMILES string of the molecule is C[C@H](Oc1ccccc1)C(=O)Nc1cc(=O)[nH]c2nc(Cc3ccccc3)nn12. The Hall–Kier alpha value is -3.94. The molecule has 1 atom stereocenters. The van der Waals surface area contributed by atoms with Gasteiger partial charge in [0.25, 0.3) is 11.5 Å². The number of carbonyl (C=O) groups excluding carboxylic acids is 1. The molecule has 0 saturated heterocycles. The molecule has 1 amide bonds. The number of aromatic nitrogens is 4. The summed E-state index contributed by atoms with van der Waals surface area (Å²) in [5, 5.41) is 7.12. The summed E-state index contributed by atoms with van der Waals surface area (Å²) in [5.41, 5.74) is 0.657. The number of para-hydroxylation sites is 1. The van der Waals surface area contributed by atoms with E-state index in [1.54, 1.807) is 19.1 Å².